The Kier molecular flexibility index (Phi) is 4.28. The summed E-state index contributed by atoms with van der Waals surface area (Å²) in [6.07, 6.45) is 1.32. The highest BCUT2D eigenvalue weighted by molar-refractivity contribution is 7.20. The third kappa shape index (κ3) is 3.12. The van der Waals surface area contributed by atoms with Crippen LogP contribution in [0.2, 0.25) is 0 Å². The molecule has 2 saturated heterocycles. The average molecular weight is 372 g/mol. The maximum atomic E-state index is 12.9. The van der Waals surface area contributed by atoms with Gasteiger partial charge in [0.2, 0.25) is 5.91 Å². The topological polar surface area (TPSA) is 61.4 Å². The molecular formula is C20H25N3O2S. The zero-order chi connectivity index (χ0) is 18.4. The quantitative estimate of drug-likeness (QED) is 0.810. The van der Waals surface area contributed by atoms with E-state index in [9.17, 15) is 9.59 Å². The Morgan fingerprint density at radius 3 is 2.62 bits per heavy atom. The molecule has 2 aliphatic heterocycles. The van der Waals surface area contributed by atoms with Crippen LogP contribution in [0.25, 0.3) is 10.1 Å². The first-order valence-corrected chi connectivity index (χ1v) is 10.0. The highest BCUT2D eigenvalue weighted by atomic mass is 32.1. The van der Waals surface area contributed by atoms with E-state index in [2.05, 4.69) is 24.5 Å². The predicted octanol–water partition coefficient (Wildman–Crippen LogP) is 2.62. The van der Waals surface area contributed by atoms with Gasteiger partial charge in [-0.25, -0.2) is 0 Å². The van der Waals surface area contributed by atoms with Crippen LogP contribution in [-0.2, 0) is 4.79 Å². The largest absolute Gasteiger partial charge is 0.354 e. The molecule has 1 aromatic heterocycles. The molecule has 5 nitrogen and oxygen atoms in total. The lowest BCUT2D eigenvalue weighted by Gasteiger charge is -2.40. The minimum absolute atomic E-state index is 0.0448. The molecule has 3 heterocycles. The van der Waals surface area contributed by atoms with Gasteiger partial charge in [-0.05, 0) is 35.8 Å². The summed E-state index contributed by atoms with van der Waals surface area (Å²) in [7, 11) is 0. The van der Waals surface area contributed by atoms with Crippen LogP contribution in [0.5, 0.6) is 0 Å². The Bertz CT molecular complexity index is 817. The number of hydrogen-bond acceptors (Lipinski definition) is 4. The number of hydrogen-bond donors (Lipinski definition) is 2. The van der Waals surface area contributed by atoms with Gasteiger partial charge < -0.3 is 15.5 Å². The van der Waals surface area contributed by atoms with E-state index in [1.165, 1.54) is 0 Å². The van der Waals surface area contributed by atoms with Crippen LogP contribution >= 0.6 is 11.3 Å². The number of carbonyl (C=O) groups excluding carboxylic acids is 2. The van der Waals surface area contributed by atoms with Gasteiger partial charge in [0.1, 0.15) is 5.54 Å². The van der Waals surface area contributed by atoms with Gasteiger partial charge in [-0.15, -0.1) is 11.3 Å². The summed E-state index contributed by atoms with van der Waals surface area (Å²) in [6, 6.07) is 10.0. The third-order valence-electron chi connectivity index (χ3n) is 5.61. The van der Waals surface area contributed by atoms with Gasteiger partial charge in [-0.3, -0.25) is 9.59 Å². The van der Waals surface area contributed by atoms with Gasteiger partial charge in [0.15, 0.2) is 0 Å². The van der Waals surface area contributed by atoms with Crippen molar-refractivity contribution >= 4 is 33.2 Å². The summed E-state index contributed by atoms with van der Waals surface area (Å²) in [5, 5.41) is 7.71. The van der Waals surface area contributed by atoms with Crippen LogP contribution in [-0.4, -0.2) is 48.4 Å². The fraction of sp³-hybridized carbons (Fsp3) is 0.500. The number of nitrogens with one attached hydrogen (secondary N) is 2. The molecule has 0 atom stereocenters. The van der Waals surface area contributed by atoms with Crippen molar-refractivity contribution in [1.82, 2.24) is 15.5 Å². The van der Waals surface area contributed by atoms with E-state index in [1.807, 2.05) is 35.2 Å². The minimum Gasteiger partial charge on any atom is -0.354 e. The first kappa shape index (κ1) is 17.5. The van der Waals surface area contributed by atoms with Crippen molar-refractivity contribution in [3.05, 3.63) is 35.2 Å². The molecular weight excluding hydrogens is 346 g/mol. The van der Waals surface area contributed by atoms with E-state index < -0.39 is 5.54 Å². The lowest BCUT2D eigenvalue weighted by atomic mass is 9.86. The smallest absolute Gasteiger partial charge is 0.263 e. The van der Waals surface area contributed by atoms with Gasteiger partial charge in [0.05, 0.1) is 4.88 Å². The molecule has 2 aromatic rings. The molecule has 2 amide bonds. The van der Waals surface area contributed by atoms with Crippen LogP contribution in [0, 0.1) is 5.41 Å². The number of thiophene rings is 1. The van der Waals surface area contributed by atoms with E-state index in [-0.39, 0.29) is 17.2 Å². The summed E-state index contributed by atoms with van der Waals surface area (Å²) in [5.41, 5.74) is -0.492. The number of amides is 2. The fourth-order valence-electron chi connectivity index (χ4n) is 3.78. The van der Waals surface area contributed by atoms with E-state index in [0.29, 0.717) is 32.5 Å². The van der Waals surface area contributed by atoms with Crippen molar-refractivity contribution in [2.75, 3.05) is 26.2 Å². The molecule has 26 heavy (non-hydrogen) atoms. The normalized spacial score (nSPS) is 22.2. The molecule has 2 fully saturated rings. The maximum Gasteiger partial charge on any atom is 0.263 e. The van der Waals surface area contributed by atoms with E-state index >= 15 is 0 Å². The number of likely N-dealkylation sites (tertiary alicyclic amines) is 1. The van der Waals surface area contributed by atoms with Crippen LogP contribution < -0.4 is 10.6 Å². The van der Waals surface area contributed by atoms with E-state index in [4.69, 9.17) is 0 Å². The second-order valence-corrected chi connectivity index (χ2v) is 9.31. The summed E-state index contributed by atoms with van der Waals surface area (Å²) in [5.74, 6) is 0.160. The molecule has 0 aliphatic carbocycles. The average Bonchev–Trinajstić information content (AvgIpc) is 3.04. The van der Waals surface area contributed by atoms with Gasteiger partial charge in [0.25, 0.3) is 5.91 Å². The number of fused-ring (bicyclic) bond motifs is 1. The van der Waals surface area contributed by atoms with Crippen LogP contribution in [0.3, 0.4) is 0 Å². The number of benzene rings is 1. The maximum absolute atomic E-state index is 12.9. The summed E-state index contributed by atoms with van der Waals surface area (Å²) < 4.78 is 1.14. The van der Waals surface area contributed by atoms with Gasteiger partial charge in [-0.1, -0.05) is 32.0 Å². The number of piperidine rings is 1. The first-order valence-electron chi connectivity index (χ1n) is 9.20. The van der Waals surface area contributed by atoms with E-state index in [0.717, 1.165) is 21.5 Å². The van der Waals surface area contributed by atoms with Crippen molar-refractivity contribution in [3.63, 3.8) is 0 Å². The zero-order valence-corrected chi connectivity index (χ0v) is 16.1. The molecule has 0 bridgehead atoms. The van der Waals surface area contributed by atoms with Crippen LogP contribution in [0.15, 0.2) is 30.3 Å². The molecule has 138 valence electrons. The lowest BCUT2D eigenvalue weighted by Crippen LogP contribution is -2.61. The number of rotatable bonds is 1. The predicted molar refractivity (Wildman–Crippen MR) is 104 cm³/mol. The molecule has 1 aromatic carbocycles. The van der Waals surface area contributed by atoms with Crippen LogP contribution in [0.1, 0.15) is 36.4 Å². The SMILES string of the molecule is CC1(C)CNC(=O)C2(CCN(C(=O)c3cc4ccccc4s3)CC2)NC1. The standard InChI is InChI=1S/C20H25N3O2S/c1-19(2)12-21-18(25)20(22-13-19)7-9-23(10-8-20)17(24)16-11-14-5-3-4-6-15(14)26-16/h3-6,11,22H,7-10,12-13H2,1-2H3,(H,21,25). The summed E-state index contributed by atoms with van der Waals surface area (Å²) in [4.78, 5) is 28.2. The summed E-state index contributed by atoms with van der Waals surface area (Å²) in [6.45, 7) is 7.00. The fourth-order valence-corrected chi connectivity index (χ4v) is 4.81. The second kappa shape index (κ2) is 6.35. The Hall–Kier alpha value is -1.92. The lowest BCUT2D eigenvalue weighted by molar-refractivity contribution is -0.128. The Morgan fingerprint density at radius 2 is 1.88 bits per heavy atom. The van der Waals surface area contributed by atoms with Gasteiger partial charge in [0, 0.05) is 30.9 Å². The highest BCUT2D eigenvalue weighted by Crippen LogP contribution is 2.30. The monoisotopic (exact) mass is 371 g/mol. The molecule has 0 saturated carbocycles. The van der Waals surface area contributed by atoms with E-state index in [1.54, 1.807) is 11.3 Å². The van der Waals surface area contributed by atoms with Crippen molar-refractivity contribution in [3.8, 4) is 0 Å². The Morgan fingerprint density at radius 1 is 1.15 bits per heavy atom. The van der Waals surface area contributed by atoms with Crippen molar-refractivity contribution < 1.29 is 9.59 Å². The zero-order valence-electron chi connectivity index (χ0n) is 15.3. The van der Waals surface area contributed by atoms with Crippen LogP contribution in [0.4, 0.5) is 0 Å². The first-order chi connectivity index (χ1) is 12.4. The Balaban J connectivity index is 1.47. The molecule has 0 unspecified atom stereocenters. The molecule has 1 spiro atoms. The molecule has 6 heteroatoms. The van der Waals surface area contributed by atoms with Crippen molar-refractivity contribution in [2.24, 2.45) is 5.41 Å². The molecule has 4 rings (SSSR count). The summed E-state index contributed by atoms with van der Waals surface area (Å²) >= 11 is 1.54. The van der Waals surface area contributed by atoms with Crippen molar-refractivity contribution in [1.29, 1.82) is 0 Å². The molecule has 2 aliphatic rings. The Labute approximate surface area is 157 Å². The second-order valence-electron chi connectivity index (χ2n) is 8.22. The van der Waals surface area contributed by atoms with Gasteiger partial charge >= 0.3 is 0 Å². The third-order valence-corrected chi connectivity index (χ3v) is 6.71. The van der Waals surface area contributed by atoms with Gasteiger partial charge in [-0.2, -0.15) is 0 Å². The number of carbonyl (C=O) groups is 2. The van der Waals surface area contributed by atoms with Crippen molar-refractivity contribution in [2.45, 2.75) is 32.2 Å². The molecule has 0 radical (unpaired) electrons. The highest BCUT2D eigenvalue weighted by Gasteiger charge is 2.45. The number of nitrogens with zero attached hydrogens (tertiary/aromatic N) is 1. The molecule has 2 N–H and O–H groups in total. The minimum atomic E-state index is -0.537.